The lowest BCUT2D eigenvalue weighted by atomic mass is 9.75. The van der Waals surface area contributed by atoms with Crippen molar-refractivity contribution in [2.75, 3.05) is 32.9 Å². The Morgan fingerprint density at radius 1 is 0.870 bits per heavy atom. The van der Waals surface area contributed by atoms with E-state index < -0.39 is 72.9 Å². The Kier molecular flexibility index (Phi) is 18.7. The normalized spacial score (nSPS) is 22.9. The van der Waals surface area contributed by atoms with Crippen LogP contribution in [0.15, 0.2) is 24.4 Å². The number of carbonyl (C=O) groups is 7. The van der Waals surface area contributed by atoms with Crippen molar-refractivity contribution in [3.05, 3.63) is 24.4 Å². The van der Waals surface area contributed by atoms with Crippen molar-refractivity contribution in [3.63, 3.8) is 0 Å². The molecule has 8 unspecified atom stereocenters. The summed E-state index contributed by atoms with van der Waals surface area (Å²) >= 11 is 0. The molecule has 0 saturated carbocycles. The molecule has 18 nitrogen and oxygen atoms in total. The molecule has 1 saturated heterocycles. The highest BCUT2D eigenvalue weighted by Gasteiger charge is 2.41. The Bertz CT molecular complexity index is 1390. The molecule has 0 aromatic carbocycles. The van der Waals surface area contributed by atoms with E-state index >= 15 is 0 Å². The third kappa shape index (κ3) is 16.3. The number of ether oxygens (including phenoxy) is 6. The van der Waals surface area contributed by atoms with Gasteiger partial charge in [-0.3, -0.25) is 38.9 Å². The summed E-state index contributed by atoms with van der Waals surface area (Å²) in [4.78, 5) is 85.1. The highest BCUT2D eigenvalue weighted by molar-refractivity contribution is 5.82. The van der Waals surface area contributed by atoms with Crippen LogP contribution < -0.4 is 27.0 Å². The molecule has 1 aliphatic carbocycles. The largest absolute Gasteiger partial charge is 0.463 e. The average molecular weight is 768 g/mol. The standard InChI is InChI=1S/C36H57N5O13/c1-20-21(2)29(41-33-19-51-33)14-13-27(20)34(47)38-15-9-11-28(37)35(48)39-16-10-12-32(46)40-22(3)36(8,53-26(7)45)54-31(18-50-24(5)43)30(52-25(6)44)17-49-23(4)42/h13-14,20-21,27-31,33,41H,3,9-12,15-19,37H2,1-2,4-8H3,(H,38,47)(H,39,48)(H,40,46)/t20?,21?,27?,28?,29?,30-,31?,33?,36?/m0/s1. The molecule has 1 aliphatic heterocycles. The molecule has 0 aromatic rings. The van der Waals surface area contributed by atoms with Crippen molar-refractivity contribution in [3.8, 4) is 0 Å². The predicted octanol–water partition coefficient (Wildman–Crippen LogP) is 0.232. The lowest BCUT2D eigenvalue weighted by Crippen LogP contribution is -2.51. The lowest BCUT2D eigenvalue weighted by Gasteiger charge is -2.36. The minimum Gasteiger partial charge on any atom is -0.463 e. The van der Waals surface area contributed by atoms with Gasteiger partial charge in [0, 0.05) is 60.2 Å². The van der Waals surface area contributed by atoms with E-state index in [1.165, 1.54) is 6.92 Å². The number of hydrogen-bond acceptors (Lipinski definition) is 15. The summed E-state index contributed by atoms with van der Waals surface area (Å²) in [5.74, 6) is -6.00. The zero-order valence-electron chi connectivity index (χ0n) is 32.2. The maximum atomic E-state index is 12.8. The summed E-state index contributed by atoms with van der Waals surface area (Å²) in [6.45, 7) is 13.8. The number of amides is 3. The summed E-state index contributed by atoms with van der Waals surface area (Å²) < 4.78 is 31.8. The molecular formula is C36H57N5O13. The van der Waals surface area contributed by atoms with Gasteiger partial charge in [0.25, 0.3) is 5.79 Å². The van der Waals surface area contributed by atoms with E-state index in [1.54, 1.807) is 0 Å². The van der Waals surface area contributed by atoms with Crippen LogP contribution in [0.4, 0.5) is 0 Å². The number of carbonyl (C=O) groups excluding carboxylic acids is 7. The van der Waals surface area contributed by atoms with E-state index in [0.29, 0.717) is 26.0 Å². The van der Waals surface area contributed by atoms with E-state index in [1.807, 2.05) is 12.2 Å². The van der Waals surface area contributed by atoms with Crippen LogP contribution >= 0.6 is 0 Å². The van der Waals surface area contributed by atoms with Crippen molar-refractivity contribution in [2.24, 2.45) is 23.5 Å². The zero-order valence-corrected chi connectivity index (χ0v) is 32.2. The number of nitrogens with one attached hydrogen (secondary N) is 4. The first-order valence-corrected chi connectivity index (χ1v) is 18.0. The monoisotopic (exact) mass is 767 g/mol. The molecule has 18 heteroatoms. The molecule has 0 bridgehead atoms. The second-order valence-electron chi connectivity index (χ2n) is 13.6. The molecule has 0 radical (unpaired) electrons. The van der Waals surface area contributed by atoms with Gasteiger partial charge in [-0.05, 0) is 31.1 Å². The molecule has 6 N–H and O–H groups in total. The van der Waals surface area contributed by atoms with Crippen LogP contribution in [0, 0.1) is 17.8 Å². The van der Waals surface area contributed by atoms with Crippen molar-refractivity contribution in [1.29, 1.82) is 0 Å². The van der Waals surface area contributed by atoms with Crippen LogP contribution in [0.3, 0.4) is 0 Å². The van der Waals surface area contributed by atoms with Crippen molar-refractivity contribution in [2.45, 2.75) is 110 Å². The van der Waals surface area contributed by atoms with E-state index in [0.717, 1.165) is 27.7 Å². The molecule has 9 atom stereocenters. The molecule has 3 amide bonds. The van der Waals surface area contributed by atoms with E-state index in [4.69, 9.17) is 34.2 Å². The summed E-state index contributed by atoms with van der Waals surface area (Å²) in [5.41, 5.74) is 5.83. The molecule has 1 fully saturated rings. The van der Waals surface area contributed by atoms with Gasteiger partial charge in [0.05, 0.1) is 24.3 Å². The van der Waals surface area contributed by atoms with Crippen LogP contribution in [0.1, 0.15) is 74.1 Å². The topological polar surface area (TPSA) is 252 Å². The van der Waals surface area contributed by atoms with Crippen LogP contribution in [0.2, 0.25) is 0 Å². The molecule has 0 aromatic heterocycles. The van der Waals surface area contributed by atoms with E-state index in [2.05, 4.69) is 41.7 Å². The van der Waals surface area contributed by atoms with Gasteiger partial charge in [-0.25, -0.2) is 0 Å². The number of epoxide rings is 1. The van der Waals surface area contributed by atoms with E-state index in [9.17, 15) is 33.6 Å². The Morgan fingerprint density at radius 3 is 2.06 bits per heavy atom. The molecule has 2 rings (SSSR count). The third-order valence-electron chi connectivity index (χ3n) is 8.90. The van der Waals surface area contributed by atoms with Gasteiger partial charge in [-0.1, -0.05) is 32.6 Å². The summed E-state index contributed by atoms with van der Waals surface area (Å²) in [5, 5.41) is 11.5. The average Bonchev–Trinajstić information content (AvgIpc) is 3.90. The Hall–Kier alpha value is -4.39. The van der Waals surface area contributed by atoms with Gasteiger partial charge in [-0.15, -0.1) is 0 Å². The second-order valence-corrected chi connectivity index (χ2v) is 13.6. The Morgan fingerprint density at radius 2 is 1.48 bits per heavy atom. The van der Waals surface area contributed by atoms with Crippen molar-refractivity contribution in [1.82, 2.24) is 21.3 Å². The molecule has 0 spiro atoms. The van der Waals surface area contributed by atoms with E-state index in [-0.39, 0.29) is 61.0 Å². The van der Waals surface area contributed by atoms with Crippen molar-refractivity contribution >= 4 is 41.6 Å². The maximum Gasteiger partial charge on any atom is 0.305 e. The fourth-order valence-corrected chi connectivity index (χ4v) is 5.62. The first-order valence-electron chi connectivity index (χ1n) is 18.0. The van der Waals surface area contributed by atoms with Crippen LogP contribution in [-0.2, 0) is 62.0 Å². The van der Waals surface area contributed by atoms with Gasteiger partial charge in [0.15, 0.2) is 6.10 Å². The maximum absolute atomic E-state index is 12.8. The third-order valence-corrected chi connectivity index (χ3v) is 8.90. The Labute approximate surface area is 315 Å². The lowest BCUT2D eigenvalue weighted by molar-refractivity contribution is -0.248. The molecule has 2 aliphatic rings. The fourth-order valence-electron chi connectivity index (χ4n) is 5.62. The van der Waals surface area contributed by atoms with Crippen LogP contribution in [0.5, 0.6) is 0 Å². The number of nitrogens with two attached hydrogens (primary N) is 1. The van der Waals surface area contributed by atoms with Crippen molar-refractivity contribution < 1.29 is 62.0 Å². The SMILES string of the molecule is C=C(NC(=O)CCCNC(=O)C(N)CCCNC(=O)C1C=CC(NC2CO2)C(C)C1C)C(C)(OC(C)=O)OC(COC(C)=O)[C@H](COC(C)=O)OC(C)=O. The van der Waals surface area contributed by atoms with Gasteiger partial charge in [0.2, 0.25) is 17.7 Å². The highest BCUT2D eigenvalue weighted by atomic mass is 16.7. The Balaban J connectivity index is 1.83. The highest BCUT2D eigenvalue weighted by Crippen LogP contribution is 2.31. The molecule has 54 heavy (non-hydrogen) atoms. The summed E-state index contributed by atoms with van der Waals surface area (Å²) in [6.07, 6.45) is 2.32. The summed E-state index contributed by atoms with van der Waals surface area (Å²) in [6, 6.07) is -0.668. The molecule has 1 heterocycles. The first-order chi connectivity index (χ1) is 25.3. The van der Waals surface area contributed by atoms with Crippen LogP contribution in [-0.4, -0.2) is 111 Å². The fraction of sp³-hybridized carbons (Fsp3) is 0.694. The molecule has 304 valence electrons. The summed E-state index contributed by atoms with van der Waals surface area (Å²) in [7, 11) is 0. The number of rotatable bonds is 23. The minimum atomic E-state index is -2.07. The van der Waals surface area contributed by atoms with Gasteiger partial charge in [-0.2, -0.15) is 0 Å². The predicted molar refractivity (Wildman–Crippen MR) is 191 cm³/mol. The minimum absolute atomic E-state index is 0.0716. The quantitative estimate of drug-likeness (QED) is 0.0233. The first kappa shape index (κ1) is 45.8. The zero-order chi connectivity index (χ0) is 40.6. The smallest absolute Gasteiger partial charge is 0.305 e. The van der Waals surface area contributed by atoms with Gasteiger partial charge >= 0.3 is 23.9 Å². The molecular weight excluding hydrogens is 710 g/mol. The van der Waals surface area contributed by atoms with Gasteiger partial charge in [0.1, 0.15) is 25.5 Å². The second kappa shape index (κ2) is 22.1. The van der Waals surface area contributed by atoms with Gasteiger partial charge < -0.3 is 50.1 Å². The number of esters is 4. The van der Waals surface area contributed by atoms with Crippen LogP contribution in [0.25, 0.3) is 0 Å². The number of hydrogen-bond donors (Lipinski definition) is 5.